The largest absolute Gasteiger partial charge is 0.392 e. The topological polar surface area (TPSA) is 46.2 Å². The van der Waals surface area contributed by atoms with E-state index in [0.717, 1.165) is 6.42 Å². The van der Waals surface area contributed by atoms with Gasteiger partial charge >= 0.3 is 0 Å². The van der Waals surface area contributed by atoms with Gasteiger partial charge < -0.3 is 10.8 Å². The first kappa shape index (κ1) is 10.0. The smallest absolute Gasteiger partial charge is 0.0633 e. The fraction of sp³-hybridized carbons (Fsp3) is 1.00. The van der Waals surface area contributed by atoms with Crippen LogP contribution in [0.5, 0.6) is 0 Å². The summed E-state index contributed by atoms with van der Waals surface area (Å²) in [6.07, 6.45) is 4.58. The highest BCUT2D eigenvalue weighted by molar-refractivity contribution is 4.94. The summed E-state index contributed by atoms with van der Waals surface area (Å²) >= 11 is 0. The molecule has 0 amide bonds. The Balaban J connectivity index is 2.53. The molecule has 3 N–H and O–H groups in total. The third-order valence-electron chi connectivity index (χ3n) is 3.59. The summed E-state index contributed by atoms with van der Waals surface area (Å²) in [5, 5.41) is 10.0. The third kappa shape index (κ3) is 1.50. The summed E-state index contributed by atoms with van der Waals surface area (Å²) in [6.45, 7) is 4.81. The van der Waals surface area contributed by atoms with Crippen LogP contribution in [-0.2, 0) is 0 Å². The Labute approximate surface area is 75.2 Å². The summed E-state index contributed by atoms with van der Waals surface area (Å²) in [6, 6.07) is 0. The number of rotatable bonds is 4. The number of hydrogen-bond acceptors (Lipinski definition) is 2. The van der Waals surface area contributed by atoms with Crippen LogP contribution in [0.2, 0.25) is 0 Å². The molecule has 2 atom stereocenters. The standard InChI is InChI=1S/C10H21NO/c1-3-10(5-4-6-10)9(12)8(2)7-11/h8-9,12H,3-7,11H2,1-2H3. The van der Waals surface area contributed by atoms with Crippen LogP contribution in [0.4, 0.5) is 0 Å². The van der Waals surface area contributed by atoms with Gasteiger partial charge in [-0.25, -0.2) is 0 Å². The second-order valence-corrected chi connectivity index (χ2v) is 4.23. The Bertz CT molecular complexity index is 137. The highest BCUT2D eigenvalue weighted by Crippen LogP contribution is 2.48. The zero-order valence-electron chi connectivity index (χ0n) is 8.21. The minimum Gasteiger partial charge on any atom is -0.392 e. The van der Waals surface area contributed by atoms with Gasteiger partial charge in [0.2, 0.25) is 0 Å². The molecule has 0 aromatic heterocycles. The van der Waals surface area contributed by atoms with Gasteiger partial charge in [0.05, 0.1) is 6.10 Å². The molecule has 1 aliphatic carbocycles. The molecule has 2 heteroatoms. The van der Waals surface area contributed by atoms with Gasteiger partial charge in [-0.2, -0.15) is 0 Å². The second kappa shape index (κ2) is 3.75. The van der Waals surface area contributed by atoms with Crippen molar-refractivity contribution in [3.8, 4) is 0 Å². The molecule has 0 bridgehead atoms. The zero-order valence-corrected chi connectivity index (χ0v) is 8.21. The molecular formula is C10H21NO. The molecule has 2 unspecified atom stereocenters. The van der Waals surface area contributed by atoms with Crippen molar-refractivity contribution in [2.75, 3.05) is 6.54 Å². The molecule has 0 heterocycles. The maximum Gasteiger partial charge on any atom is 0.0633 e. The summed E-state index contributed by atoms with van der Waals surface area (Å²) in [7, 11) is 0. The van der Waals surface area contributed by atoms with Crippen LogP contribution in [0.15, 0.2) is 0 Å². The number of nitrogens with two attached hydrogens (primary N) is 1. The van der Waals surface area contributed by atoms with Gasteiger partial charge in [0.1, 0.15) is 0 Å². The summed E-state index contributed by atoms with van der Waals surface area (Å²) in [5.74, 6) is 0.255. The summed E-state index contributed by atoms with van der Waals surface area (Å²) in [5.41, 5.74) is 5.76. The van der Waals surface area contributed by atoms with Gasteiger partial charge in [-0.05, 0) is 37.1 Å². The predicted molar refractivity (Wildman–Crippen MR) is 50.8 cm³/mol. The molecule has 1 aliphatic rings. The quantitative estimate of drug-likeness (QED) is 0.673. The van der Waals surface area contributed by atoms with Crippen molar-refractivity contribution >= 4 is 0 Å². The lowest BCUT2D eigenvalue weighted by Crippen LogP contribution is -2.46. The fourth-order valence-corrected chi connectivity index (χ4v) is 2.22. The normalized spacial score (nSPS) is 26.0. The first-order chi connectivity index (χ1) is 5.66. The van der Waals surface area contributed by atoms with Gasteiger partial charge in [-0.15, -0.1) is 0 Å². The Morgan fingerprint density at radius 1 is 1.50 bits per heavy atom. The first-order valence-corrected chi connectivity index (χ1v) is 5.04. The maximum atomic E-state index is 10.0. The molecule has 0 radical (unpaired) electrons. The van der Waals surface area contributed by atoms with Gasteiger partial charge in [-0.3, -0.25) is 0 Å². The van der Waals surface area contributed by atoms with Crippen LogP contribution in [0.3, 0.4) is 0 Å². The van der Waals surface area contributed by atoms with Gasteiger partial charge in [0.25, 0.3) is 0 Å². The Hall–Kier alpha value is -0.0800. The molecule has 12 heavy (non-hydrogen) atoms. The molecule has 0 aliphatic heterocycles. The molecule has 0 aromatic rings. The van der Waals surface area contributed by atoms with E-state index in [0.29, 0.717) is 6.54 Å². The third-order valence-corrected chi connectivity index (χ3v) is 3.59. The molecule has 1 rings (SSSR count). The van der Waals surface area contributed by atoms with E-state index in [1.54, 1.807) is 0 Å². The van der Waals surface area contributed by atoms with Crippen molar-refractivity contribution in [2.45, 2.75) is 45.6 Å². The van der Waals surface area contributed by atoms with Gasteiger partial charge in [0.15, 0.2) is 0 Å². The van der Waals surface area contributed by atoms with E-state index < -0.39 is 0 Å². The molecule has 1 fully saturated rings. The highest BCUT2D eigenvalue weighted by atomic mass is 16.3. The SMILES string of the molecule is CCC1(C(O)C(C)CN)CCC1. The number of hydrogen-bond donors (Lipinski definition) is 2. The minimum absolute atomic E-state index is 0.179. The minimum atomic E-state index is -0.179. The second-order valence-electron chi connectivity index (χ2n) is 4.23. The molecule has 1 saturated carbocycles. The lowest BCUT2D eigenvalue weighted by Gasteiger charge is -2.47. The van der Waals surface area contributed by atoms with Crippen molar-refractivity contribution in [1.29, 1.82) is 0 Å². The van der Waals surface area contributed by atoms with Crippen molar-refractivity contribution in [3.63, 3.8) is 0 Å². The van der Waals surface area contributed by atoms with E-state index in [1.165, 1.54) is 19.3 Å². The van der Waals surface area contributed by atoms with E-state index in [4.69, 9.17) is 5.73 Å². The fourth-order valence-electron chi connectivity index (χ4n) is 2.22. The van der Waals surface area contributed by atoms with E-state index in [1.807, 2.05) is 6.92 Å². The zero-order chi connectivity index (χ0) is 9.19. The van der Waals surface area contributed by atoms with Crippen LogP contribution in [0.25, 0.3) is 0 Å². The van der Waals surface area contributed by atoms with Gasteiger partial charge in [-0.1, -0.05) is 20.3 Å². The van der Waals surface area contributed by atoms with Crippen LogP contribution < -0.4 is 5.73 Å². The van der Waals surface area contributed by atoms with Crippen molar-refractivity contribution in [1.82, 2.24) is 0 Å². The Morgan fingerprint density at radius 2 is 2.08 bits per heavy atom. The predicted octanol–water partition coefficient (Wildman–Crippen LogP) is 1.52. The van der Waals surface area contributed by atoms with Crippen LogP contribution >= 0.6 is 0 Å². The Kier molecular flexibility index (Phi) is 3.13. The van der Waals surface area contributed by atoms with Crippen molar-refractivity contribution in [2.24, 2.45) is 17.1 Å². The van der Waals surface area contributed by atoms with E-state index in [2.05, 4.69) is 6.92 Å². The summed E-state index contributed by atoms with van der Waals surface area (Å²) in [4.78, 5) is 0. The molecule has 72 valence electrons. The van der Waals surface area contributed by atoms with Crippen LogP contribution in [-0.4, -0.2) is 17.8 Å². The van der Waals surface area contributed by atoms with E-state index in [-0.39, 0.29) is 17.4 Å². The number of aliphatic hydroxyl groups excluding tert-OH is 1. The van der Waals surface area contributed by atoms with Crippen LogP contribution in [0, 0.1) is 11.3 Å². The lowest BCUT2D eigenvalue weighted by molar-refractivity contribution is -0.0650. The van der Waals surface area contributed by atoms with Crippen molar-refractivity contribution < 1.29 is 5.11 Å². The van der Waals surface area contributed by atoms with Gasteiger partial charge in [0, 0.05) is 0 Å². The summed E-state index contributed by atoms with van der Waals surface area (Å²) < 4.78 is 0. The first-order valence-electron chi connectivity index (χ1n) is 5.04. The van der Waals surface area contributed by atoms with E-state index in [9.17, 15) is 5.11 Å². The molecule has 0 spiro atoms. The average Bonchev–Trinajstić information content (AvgIpc) is 2.02. The molecule has 0 saturated heterocycles. The molecular weight excluding hydrogens is 150 g/mol. The highest BCUT2D eigenvalue weighted by Gasteiger charge is 2.43. The lowest BCUT2D eigenvalue weighted by atomic mass is 9.61. The van der Waals surface area contributed by atoms with Crippen LogP contribution in [0.1, 0.15) is 39.5 Å². The van der Waals surface area contributed by atoms with E-state index >= 15 is 0 Å². The number of aliphatic hydroxyl groups is 1. The maximum absolute atomic E-state index is 10.0. The molecule has 0 aromatic carbocycles. The average molecular weight is 171 g/mol. The monoisotopic (exact) mass is 171 g/mol. The van der Waals surface area contributed by atoms with Crippen molar-refractivity contribution in [3.05, 3.63) is 0 Å². The Morgan fingerprint density at radius 3 is 2.33 bits per heavy atom. The molecule has 2 nitrogen and oxygen atoms in total.